The fraction of sp³-hybridized carbons (Fsp3) is 0.407. The molecule has 4 nitrogen and oxygen atoms in total. The molecular weight excluding hydrogens is 382 g/mol. The highest BCUT2D eigenvalue weighted by atomic mass is 16.1. The molecule has 0 heterocycles. The second-order valence-electron chi connectivity index (χ2n) is 8.34. The molecule has 0 saturated heterocycles. The first kappa shape index (κ1) is 22.8. The molecule has 0 aliphatic heterocycles. The number of unbranched alkanes of at least 4 members (excludes halogenated alkanes) is 8. The van der Waals surface area contributed by atoms with Crippen molar-refractivity contribution in [3.05, 3.63) is 71.8 Å². The zero-order chi connectivity index (χ0) is 21.9. The second-order valence-corrected chi connectivity index (χ2v) is 8.34. The first-order valence-electron chi connectivity index (χ1n) is 11.6. The van der Waals surface area contributed by atoms with Crippen LogP contribution in [0.4, 0.5) is 0 Å². The summed E-state index contributed by atoms with van der Waals surface area (Å²) < 4.78 is 0. The molecule has 1 aliphatic rings. The Labute approximate surface area is 186 Å². The number of benzene rings is 2. The number of rotatable bonds is 13. The van der Waals surface area contributed by atoms with Crippen LogP contribution in [0.15, 0.2) is 60.2 Å². The average molecular weight is 418 g/mol. The van der Waals surface area contributed by atoms with Crippen molar-refractivity contribution in [2.45, 2.75) is 64.2 Å². The van der Waals surface area contributed by atoms with Crippen LogP contribution in [0.5, 0.6) is 0 Å². The minimum absolute atomic E-state index is 0.0731. The summed E-state index contributed by atoms with van der Waals surface area (Å²) in [5.41, 5.74) is 6.13. The van der Waals surface area contributed by atoms with Crippen molar-refractivity contribution in [1.82, 2.24) is 5.32 Å². The van der Waals surface area contributed by atoms with Crippen molar-refractivity contribution in [1.29, 1.82) is 0 Å². The standard InChI is InChI=1S/C27H35N3O/c1-2-3-4-5-6-7-8-9-10-13-18-29-26(31)20-21-16-17-23-22-14-11-12-15-24(22)27(30-28)25(23)19-21/h2,11-12,14-17,19H,1,3-10,13,18,20,28H2,(H,29,31)/b30-27+. The van der Waals surface area contributed by atoms with Crippen LogP contribution in [0.3, 0.4) is 0 Å². The van der Waals surface area contributed by atoms with E-state index in [1.165, 1.54) is 44.9 Å². The van der Waals surface area contributed by atoms with E-state index in [0.717, 1.165) is 52.9 Å². The molecule has 1 amide bonds. The third-order valence-corrected chi connectivity index (χ3v) is 5.96. The summed E-state index contributed by atoms with van der Waals surface area (Å²) in [4.78, 5) is 12.4. The van der Waals surface area contributed by atoms with Crippen LogP contribution in [-0.2, 0) is 11.2 Å². The molecule has 0 bridgehead atoms. The summed E-state index contributed by atoms with van der Waals surface area (Å²) in [6, 6.07) is 14.3. The predicted molar refractivity (Wildman–Crippen MR) is 130 cm³/mol. The summed E-state index contributed by atoms with van der Waals surface area (Å²) in [7, 11) is 0. The number of allylic oxidation sites excluding steroid dienone is 1. The van der Waals surface area contributed by atoms with Crippen molar-refractivity contribution in [2.24, 2.45) is 10.9 Å². The van der Waals surface area contributed by atoms with Crippen molar-refractivity contribution in [2.75, 3.05) is 6.54 Å². The van der Waals surface area contributed by atoms with Crippen LogP contribution in [0, 0.1) is 0 Å². The lowest BCUT2D eigenvalue weighted by atomic mass is 10.0. The van der Waals surface area contributed by atoms with Gasteiger partial charge in [0, 0.05) is 17.7 Å². The Morgan fingerprint density at radius 1 is 0.871 bits per heavy atom. The lowest BCUT2D eigenvalue weighted by molar-refractivity contribution is -0.120. The van der Waals surface area contributed by atoms with Gasteiger partial charge in [-0.3, -0.25) is 4.79 Å². The van der Waals surface area contributed by atoms with Gasteiger partial charge in [-0.25, -0.2) is 0 Å². The molecule has 0 spiro atoms. The normalized spacial score (nSPS) is 13.1. The molecule has 0 saturated carbocycles. The molecule has 0 aromatic heterocycles. The smallest absolute Gasteiger partial charge is 0.224 e. The molecule has 0 radical (unpaired) electrons. The maximum atomic E-state index is 12.4. The fourth-order valence-corrected chi connectivity index (χ4v) is 4.29. The SMILES string of the molecule is C=CCCCCCCCCCCNC(=O)Cc1ccc2c(c1)/C(=N/N)c1ccccc1-2. The zero-order valence-corrected chi connectivity index (χ0v) is 18.5. The van der Waals surface area contributed by atoms with E-state index < -0.39 is 0 Å². The quantitative estimate of drug-likeness (QED) is 0.161. The van der Waals surface area contributed by atoms with Gasteiger partial charge >= 0.3 is 0 Å². The van der Waals surface area contributed by atoms with E-state index in [2.05, 4.69) is 35.2 Å². The van der Waals surface area contributed by atoms with Gasteiger partial charge in [-0.15, -0.1) is 6.58 Å². The highest BCUT2D eigenvalue weighted by Crippen LogP contribution is 2.37. The third-order valence-electron chi connectivity index (χ3n) is 5.96. The molecule has 3 N–H and O–H groups in total. The minimum atomic E-state index is 0.0731. The van der Waals surface area contributed by atoms with Gasteiger partial charge in [0.05, 0.1) is 12.1 Å². The molecule has 0 unspecified atom stereocenters. The van der Waals surface area contributed by atoms with E-state index in [0.29, 0.717) is 6.42 Å². The second kappa shape index (κ2) is 12.1. The first-order chi connectivity index (χ1) is 15.2. The molecule has 31 heavy (non-hydrogen) atoms. The molecular formula is C27H35N3O. The highest BCUT2D eigenvalue weighted by Gasteiger charge is 2.24. The zero-order valence-electron chi connectivity index (χ0n) is 18.5. The summed E-state index contributed by atoms with van der Waals surface area (Å²) in [5.74, 6) is 5.74. The summed E-state index contributed by atoms with van der Waals surface area (Å²) in [6.07, 6.45) is 13.5. The molecule has 0 atom stereocenters. The number of amides is 1. The van der Waals surface area contributed by atoms with E-state index in [-0.39, 0.29) is 5.91 Å². The van der Waals surface area contributed by atoms with E-state index >= 15 is 0 Å². The van der Waals surface area contributed by atoms with Gasteiger partial charge in [0.25, 0.3) is 0 Å². The van der Waals surface area contributed by atoms with Crippen LogP contribution >= 0.6 is 0 Å². The summed E-state index contributed by atoms with van der Waals surface area (Å²) in [6.45, 7) is 4.51. The Bertz CT molecular complexity index is 916. The van der Waals surface area contributed by atoms with Crippen molar-refractivity contribution >= 4 is 11.6 Å². The summed E-state index contributed by atoms with van der Waals surface area (Å²) in [5, 5.41) is 7.08. The predicted octanol–water partition coefficient (Wildman–Crippen LogP) is 5.73. The van der Waals surface area contributed by atoms with Crippen LogP contribution in [0.1, 0.15) is 74.5 Å². The van der Waals surface area contributed by atoms with Gasteiger partial charge in [-0.2, -0.15) is 5.10 Å². The van der Waals surface area contributed by atoms with Gasteiger partial charge in [-0.05, 0) is 42.0 Å². The maximum Gasteiger partial charge on any atom is 0.224 e. The Balaban J connectivity index is 1.37. The molecule has 2 aromatic rings. The first-order valence-corrected chi connectivity index (χ1v) is 11.6. The van der Waals surface area contributed by atoms with Gasteiger partial charge in [0.15, 0.2) is 0 Å². The van der Waals surface area contributed by atoms with E-state index in [1.807, 2.05) is 30.3 Å². The molecule has 3 rings (SSSR count). The minimum Gasteiger partial charge on any atom is -0.356 e. The number of hydrazone groups is 1. The number of hydrogen-bond donors (Lipinski definition) is 2. The number of hydrogen-bond acceptors (Lipinski definition) is 3. The van der Waals surface area contributed by atoms with Gasteiger partial charge in [-0.1, -0.05) is 81.0 Å². The van der Waals surface area contributed by atoms with Crippen LogP contribution in [-0.4, -0.2) is 18.2 Å². The highest BCUT2D eigenvalue weighted by molar-refractivity contribution is 6.24. The van der Waals surface area contributed by atoms with Crippen LogP contribution < -0.4 is 11.2 Å². The van der Waals surface area contributed by atoms with Gasteiger partial charge < -0.3 is 11.2 Å². The lowest BCUT2D eigenvalue weighted by Gasteiger charge is -2.08. The monoisotopic (exact) mass is 417 g/mol. The van der Waals surface area contributed by atoms with Crippen LogP contribution in [0.25, 0.3) is 11.1 Å². The van der Waals surface area contributed by atoms with Gasteiger partial charge in [0.2, 0.25) is 5.91 Å². The topological polar surface area (TPSA) is 67.5 Å². The number of nitrogens with two attached hydrogens (primary N) is 1. The Hall–Kier alpha value is -2.88. The number of carbonyl (C=O) groups is 1. The number of nitrogens with one attached hydrogen (secondary N) is 1. The largest absolute Gasteiger partial charge is 0.356 e. The Morgan fingerprint density at radius 2 is 1.52 bits per heavy atom. The molecule has 0 fully saturated rings. The number of fused-ring (bicyclic) bond motifs is 3. The van der Waals surface area contributed by atoms with E-state index in [9.17, 15) is 4.79 Å². The van der Waals surface area contributed by atoms with E-state index in [1.54, 1.807) is 0 Å². The lowest BCUT2D eigenvalue weighted by Crippen LogP contribution is -2.26. The van der Waals surface area contributed by atoms with Crippen molar-refractivity contribution in [3.63, 3.8) is 0 Å². The van der Waals surface area contributed by atoms with Crippen molar-refractivity contribution < 1.29 is 4.79 Å². The van der Waals surface area contributed by atoms with Gasteiger partial charge in [0.1, 0.15) is 0 Å². The van der Waals surface area contributed by atoms with Crippen molar-refractivity contribution in [3.8, 4) is 11.1 Å². The van der Waals surface area contributed by atoms with E-state index in [4.69, 9.17) is 5.84 Å². The Kier molecular flexibility index (Phi) is 8.89. The maximum absolute atomic E-state index is 12.4. The fourth-order valence-electron chi connectivity index (χ4n) is 4.29. The molecule has 2 aromatic carbocycles. The average Bonchev–Trinajstić information content (AvgIpc) is 3.10. The number of nitrogens with zero attached hydrogens (tertiary/aromatic N) is 1. The molecule has 1 aliphatic carbocycles. The third kappa shape index (κ3) is 6.30. The molecule has 4 heteroatoms. The van der Waals surface area contributed by atoms with Crippen LogP contribution in [0.2, 0.25) is 0 Å². The molecule has 164 valence electrons. The summed E-state index contributed by atoms with van der Waals surface area (Å²) >= 11 is 0. The Morgan fingerprint density at radius 3 is 2.23 bits per heavy atom. The number of carbonyl (C=O) groups excluding carboxylic acids is 1.